The summed E-state index contributed by atoms with van der Waals surface area (Å²) in [6, 6.07) is 13.3. The fourth-order valence-corrected chi connectivity index (χ4v) is 4.41. The average molecular weight is 483 g/mol. The molecule has 0 aliphatic heterocycles. The summed E-state index contributed by atoms with van der Waals surface area (Å²) in [5, 5.41) is 5.53. The summed E-state index contributed by atoms with van der Waals surface area (Å²) in [5.74, 6) is -0.686. The molecule has 3 rings (SSSR count). The maximum absolute atomic E-state index is 13.4. The molecule has 0 bridgehead atoms. The molecule has 0 unspecified atom stereocenters. The molecule has 1 aliphatic carbocycles. The highest BCUT2D eigenvalue weighted by Crippen LogP contribution is 2.24. The molecule has 1 fully saturated rings. The molecular weight excluding hydrogens is 447 g/mol. The number of anilines is 2. The highest BCUT2D eigenvalue weighted by atomic mass is 19.1. The third-order valence-electron chi connectivity index (χ3n) is 6.26. The first-order valence-corrected chi connectivity index (χ1v) is 12.3. The Morgan fingerprint density at radius 1 is 0.886 bits per heavy atom. The predicted molar refractivity (Wildman–Crippen MR) is 135 cm³/mol. The van der Waals surface area contributed by atoms with Crippen LogP contribution in [0.3, 0.4) is 0 Å². The number of hydrogen-bond acceptors (Lipinski definition) is 4. The van der Waals surface area contributed by atoms with Crippen molar-refractivity contribution in [2.45, 2.75) is 58.5 Å². The molecule has 0 atom stereocenters. The van der Waals surface area contributed by atoms with Crippen LogP contribution in [0.1, 0.15) is 51.5 Å². The summed E-state index contributed by atoms with van der Waals surface area (Å²) in [7, 11) is 0. The average Bonchev–Trinajstić information content (AvgIpc) is 2.84. The Morgan fingerprint density at radius 3 is 2.06 bits per heavy atom. The molecule has 0 aromatic heterocycles. The van der Waals surface area contributed by atoms with Crippen LogP contribution >= 0.6 is 0 Å². The van der Waals surface area contributed by atoms with Gasteiger partial charge in [0.05, 0.1) is 13.1 Å². The molecule has 2 N–H and O–H groups in total. The molecular formula is C27H35FN4O3. The highest BCUT2D eigenvalue weighted by molar-refractivity contribution is 5.93. The summed E-state index contributed by atoms with van der Waals surface area (Å²) in [6.45, 7) is 4.58. The van der Waals surface area contributed by atoms with Gasteiger partial charge in [0.25, 0.3) is 0 Å². The number of carbonyl (C=O) groups is 3. The van der Waals surface area contributed by atoms with E-state index in [4.69, 9.17) is 0 Å². The minimum Gasteiger partial charge on any atom is -0.334 e. The SMILES string of the molecule is CCN(CC(=O)Nc1ccc(NC(C)=O)cc1)CC(=O)N(Cc1ccc(F)cc1)C1CCCCC1. The number of nitrogens with zero attached hydrogens (tertiary/aromatic N) is 2. The Labute approximate surface area is 206 Å². The van der Waals surface area contributed by atoms with Gasteiger partial charge in [-0.2, -0.15) is 0 Å². The van der Waals surface area contributed by atoms with E-state index in [-0.39, 0.29) is 42.7 Å². The Balaban J connectivity index is 1.60. The van der Waals surface area contributed by atoms with Gasteiger partial charge in [0, 0.05) is 30.9 Å². The fourth-order valence-electron chi connectivity index (χ4n) is 4.41. The summed E-state index contributed by atoms with van der Waals surface area (Å²) in [4.78, 5) is 40.9. The van der Waals surface area contributed by atoms with Gasteiger partial charge in [0.2, 0.25) is 17.7 Å². The lowest BCUT2D eigenvalue weighted by Gasteiger charge is -2.36. The lowest BCUT2D eigenvalue weighted by Crippen LogP contribution is -2.47. The van der Waals surface area contributed by atoms with E-state index in [9.17, 15) is 18.8 Å². The number of hydrogen-bond donors (Lipinski definition) is 2. The highest BCUT2D eigenvalue weighted by Gasteiger charge is 2.27. The Bertz CT molecular complexity index is 988. The first kappa shape index (κ1) is 26.3. The van der Waals surface area contributed by atoms with E-state index >= 15 is 0 Å². The van der Waals surface area contributed by atoms with Crippen molar-refractivity contribution >= 4 is 29.1 Å². The molecule has 0 heterocycles. The Kier molecular flexibility index (Phi) is 9.78. The fraction of sp³-hybridized carbons (Fsp3) is 0.444. The number of benzene rings is 2. The predicted octanol–water partition coefficient (Wildman–Crippen LogP) is 4.41. The van der Waals surface area contributed by atoms with Crippen molar-refractivity contribution in [3.63, 3.8) is 0 Å². The third-order valence-corrected chi connectivity index (χ3v) is 6.26. The van der Waals surface area contributed by atoms with E-state index in [2.05, 4.69) is 10.6 Å². The van der Waals surface area contributed by atoms with E-state index in [1.807, 2.05) is 16.7 Å². The maximum Gasteiger partial charge on any atom is 0.238 e. The van der Waals surface area contributed by atoms with Crippen molar-refractivity contribution in [1.29, 1.82) is 0 Å². The summed E-state index contributed by atoms with van der Waals surface area (Å²) in [6.07, 6.45) is 5.31. The normalized spacial score (nSPS) is 13.9. The second-order valence-corrected chi connectivity index (χ2v) is 9.05. The van der Waals surface area contributed by atoms with Crippen LogP contribution in [0.15, 0.2) is 48.5 Å². The minimum atomic E-state index is -0.294. The van der Waals surface area contributed by atoms with Crippen molar-refractivity contribution in [3.8, 4) is 0 Å². The van der Waals surface area contributed by atoms with Crippen molar-refractivity contribution in [1.82, 2.24) is 9.80 Å². The van der Waals surface area contributed by atoms with Crippen molar-refractivity contribution in [3.05, 3.63) is 59.9 Å². The van der Waals surface area contributed by atoms with Gasteiger partial charge >= 0.3 is 0 Å². The van der Waals surface area contributed by atoms with Crippen molar-refractivity contribution in [2.75, 3.05) is 30.3 Å². The number of nitrogens with one attached hydrogen (secondary N) is 2. The molecule has 0 saturated heterocycles. The molecule has 0 radical (unpaired) electrons. The van der Waals surface area contributed by atoms with Gasteiger partial charge < -0.3 is 15.5 Å². The van der Waals surface area contributed by atoms with Crippen LogP contribution in [-0.2, 0) is 20.9 Å². The van der Waals surface area contributed by atoms with Gasteiger partial charge in [0.1, 0.15) is 5.82 Å². The maximum atomic E-state index is 13.4. The van der Waals surface area contributed by atoms with Gasteiger partial charge in [-0.15, -0.1) is 0 Å². The van der Waals surface area contributed by atoms with Crippen LogP contribution in [0, 0.1) is 5.82 Å². The topological polar surface area (TPSA) is 81.8 Å². The van der Waals surface area contributed by atoms with E-state index in [1.54, 1.807) is 36.4 Å². The van der Waals surface area contributed by atoms with Crippen LogP contribution in [0.25, 0.3) is 0 Å². The lowest BCUT2D eigenvalue weighted by atomic mass is 9.93. The molecule has 35 heavy (non-hydrogen) atoms. The minimum absolute atomic E-state index is 0.0180. The zero-order valence-electron chi connectivity index (χ0n) is 20.6. The smallest absolute Gasteiger partial charge is 0.238 e. The molecule has 3 amide bonds. The number of carbonyl (C=O) groups excluding carboxylic acids is 3. The van der Waals surface area contributed by atoms with Crippen molar-refractivity contribution in [2.24, 2.45) is 0 Å². The van der Waals surface area contributed by atoms with E-state index in [0.29, 0.717) is 24.5 Å². The monoisotopic (exact) mass is 482 g/mol. The van der Waals surface area contributed by atoms with Crippen LogP contribution in [-0.4, -0.2) is 53.2 Å². The standard InChI is InChI=1S/C27H35FN4O3/c1-3-31(18-26(34)30-24-15-13-23(14-16-24)29-20(2)33)19-27(35)32(25-7-5-4-6-8-25)17-21-9-11-22(28)12-10-21/h9-16,25H,3-8,17-19H2,1-2H3,(H,29,33)(H,30,34). The molecule has 2 aromatic rings. The van der Waals surface area contributed by atoms with Gasteiger partial charge in [0.15, 0.2) is 0 Å². The van der Waals surface area contributed by atoms with E-state index < -0.39 is 0 Å². The first-order chi connectivity index (χ1) is 16.8. The molecule has 1 aliphatic rings. The largest absolute Gasteiger partial charge is 0.334 e. The zero-order chi connectivity index (χ0) is 25.2. The molecule has 8 heteroatoms. The molecule has 0 spiro atoms. The third kappa shape index (κ3) is 8.47. The van der Waals surface area contributed by atoms with E-state index in [1.165, 1.54) is 25.5 Å². The second kappa shape index (κ2) is 13.0. The van der Waals surface area contributed by atoms with Gasteiger partial charge in [-0.1, -0.05) is 38.3 Å². The van der Waals surface area contributed by atoms with Crippen LogP contribution in [0.5, 0.6) is 0 Å². The number of halogens is 1. The quantitative estimate of drug-likeness (QED) is 0.526. The van der Waals surface area contributed by atoms with Crippen molar-refractivity contribution < 1.29 is 18.8 Å². The number of rotatable bonds is 10. The first-order valence-electron chi connectivity index (χ1n) is 12.3. The van der Waals surface area contributed by atoms with Gasteiger partial charge in [-0.3, -0.25) is 19.3 Å². The second-order valence-electron chi connectivity index (χ2n) is 9.05. The summed E-state index contributed by atoms with van der Waals surface area (Å²) < 4.78 is 13.4. The molecule has 188 valence electrons. The summed E-state index contributed by atoms with van der Waals surface area (Å²) in [5.41, 5.74) is 2.17. The molecule has 2 aromatic carbocycles. The zero-order valence-corrected chi connectivity index (χ0v) is 20.6. The summed E-state index contributed by atoms with van der Waals surface area (Å²) >= 11 is 0. The van der Waals surface area contributed by atoms with Crippen LogP contribution < -0.4 is 10.6 Å². The lowest BCUT2D eigenvalue weighted by molar-refractivity contribution is -0.136. The Hall–Kier alpha value is -3.26. The number of amides is 3. The number of likely N-dealkylation sites (N-methyl/N-ethyl adjacent to an activating group) is 1. The molecule has 7 nitrogen and oxygen atoms in total. The van der Waals surface area contributed by atoms with Gasteiger partial charge in [-0.25, -0.2) is 4.39 Å². The van der Waals surface area contributed by atoms with Crippen LogP contribution in [0.4, 0.5) is 15.8 Å². The molecule has 1 saturated carbocycles. The van der Waals surface area contributed by atoms with Gasteiger partial charge in [-0.05, 0) is 61.3 Å². The van der Waals surface area contributed by atoms with E-state index in [0.717, 1.165) is 31.2 Å². The Morgan fingerprint density at radius 2 is 1.49 bits per heavy atom. The van der Waals surface area contributed by atoms with Crippen LogP contribution in [0.2, 0.25) is 0 Å².